The number of hydrogen-bond donors (Lipinski definition) is 1. The van der Waals surface area contributed by atoms with Gasteiger partial charge in [0.2, 0.25) is 15.9 Å². The van der Waals surface area contributed by atoms with Gasteiger partial charge < -0.3 is 5.32 Å². The molecule has 2 aromatic carbocycles. The Morgan fingerprint density at radius 2 is 1.63 bits per heavy atom. The summed E-state index contributed by atoms with van der Waals surface area (Å²) in [6.45, 7) is 9.59. The van der Waals surface area contributed by atoms with Gasteiger partial charge in [-0.15, -0.1) is 0 Å². The van der Waals surface area contributed by atoms with E-state index in [-0.39, 0.29) is 29.8 Å². The van der Waals surface area contributed by atoms with Crippen LogP contribution in [0.4, 0.5) is 0 Å². The van der Waals surface area contributed by atoms with E-state index in [1.807, 2.05) is 32.9 Å². The van der Waals surface area contributed by atoms with Crippen molar-refractivity contribution < 1.29 is 13.2 Å². The Balaban J connectivity index is 2.45. The van der Waals surface area contributed by atoms with Crippen LogP contribution < -0.4 is 5.32 Å². The van der Waals surface area contributed by atoms with Gasteiger partial charge in [-0.25, -0.2) is 8.42 Å². The first kappa shape index (κ1) is 24.7. The van der Waals surface area contributed by atoms with Crippen LogP contribution in [0.2, 0.25) is 10.0 Å². The van der Waals surface area contributed by atoms with Gasteiger partial charge in [0.15, 0.2) is 0 Å². The lowest BCUT2D eigenvalue weighted by atomic mass is 10.1. The van der Waals surface area contributed by atoms with E-state index in [0.29, 0.717) is 33.3 Å². The van der Waals surface area contributed by atoms with Crippen LogP contribution in [0.1, 0.15) is 36.1 Å². The molecule has 0 fully saturated rings. The highest BCUT2D eigenvalue weighted by Crippen LogP contribution is 2.28. The minimum absolute atomic E-state index is 0.00107. The van der Waals surface area contributed by atoms with Gasteiger partial charge in [0.05, 0.1) is 21.5 Å². The van der Waals surface area contributed by atoms with E-state index in [1.165, 1.54) is 4.31 Å². The summed E-state index contributed by atoms with van der Waals surface area (Å²) < 4.78 is 28.4. The molecule has 0 aromatic heterocycles. The first-order valence-electron chi connectivity index (χ1n) is 9.70. The highest BCUT2D eigenvalue weighted by molar-refractivity contribution is 7.89. The van der Waals surface area contributed by atoms with Crippen molar-refractivity contribution in [1.29, 1.82) is 0 Å². The van der Waals surface area contributed by atoms with Gasteiger partial charge in [0.25, 0.3) is 0 Å². The lowest BCUT2D eigenvalue weighted by Gasteiger charge is -2.24. The number of amides is 1. The fraction of sp³-hybridized carbons (Fsp3) is 0.409. The molecule has 1 amide bonds. The Hall–Kier alpha value is -1.60. The molecule has 30 heavy (non-hydrogen) atoms. The van der Waals surface area contributed by atoms with E-state index in [2.05, 4.69) is 5.32 Å². The van der Waals surface area contributed by atoms with Gasteiger partial charge in [-0.2, -0.15) is 4.31 Å². The summed E-state index contributed by atoms with van der Waals surface area (Å²) >= 11 is 12.1. The smallest absolute Gasteiger partial charge is 0.244 e. The van der Waals surface area contributed by atoms with E-state index >= 15 is 0 Å². The third-order valence-corrected chi connectivity index (χ3v) is 7.41. The van der Waals surface area contributed by atoms with E-state index in [9.17, 15) is 13.2 Å². The average molecular weight is 471 g/mol. The van der Waals surface area contributed by atoms with Crippen molar-refractivity contribution in [3.63, 3.8) is 0 Å². The molecule has 0 radical (unpaired) electrons. The van der Waals surface area contributed by atoms with Crippen LogP contribution in [0.15, 0.2) is 35.2 Å². The zero-order valence-corrected chi connectivity index (χ0v) is 20.2. The summed E-state index contributed by atoms with van der Waals surface area (Å²) in [6, 6.07) is 8.60. The molecular formula is C22H28Cl2N2O3S. The van der Waals surface area contributed by atoms with Crippen LogP contribution in [0, 0.1) is 26.7 Å². The Kier molecular flexibility index (Phi) is 8.34. The molecule has 164 valence electrons. The summed E-state index contributed by atoms with van der Waals surface area (Å²) in [5.41, 5.74) is 2.92. The topological polar surface area (TPSA) is 66.5 Å². The number of carbonyl (C=O) groups is 1. The van der Waals surface area contributed by atoms with Crippen molar-refractivity contribution in [3.8, 4) is 0 Å². The van der Waals surface area contributed by atoms with E-state index in [1.54, 1.807) is 32.0 Å². The number of benzene rings is 2. The average Bonchev–Trinajstić information content (AvgIpc) is 2.61. The predicted octanol–water partition coefficient (Wildman–Crippen LogP) is 4.88. The summed E-state index contributed by atoms with van der Waals surface area (Å²) in [6.07, 6.45) is 0. The maximum atomic E-state index is 13.6. The first-order chi connectivity index (χ1) is 13.9. The molecule has 0 saturated carbocycles. The van der Waals surface area contributed by atoms with Crippen molar-refractivity contribution in [1.82, 2.24) is 9.62 Å². The number of nitrogens with zero attached hydrogens (tertiary/aromatic N) is 1. The summed E-state index contributed by atoms with van der Waals surface area (Å²) in [7, 11) is -3.94. The van der Waals surface area contributed by atoms with Crippen LogP contribution in [-0.2, 0) is 21.4 Å². The SMILES string of the molecule is Cc1cc(C)c(S(=O)(=O)N(CC(=O)NCC(C)C)Cc2ccc(Cl)c(Cl)c2)c(C)c1. The van der Waals surface area contributed by atoms with Crippen LogP contribution in [-0.4, -0.2) is 31.7 Å². The molecule has 5 nitrogen and oxygen atoms in total. The maximum absolute atomic E-state index is 13.6. The van der Waals surface area contributed by atoms with Crippen molar-refractivity contribution in [2.75, 3.05) is 13.1 Å². The standard InChI is InChI=1S/C22H28Cl2N2O3S/c1-14(2)11-25-21(27)13-26(12-18-6-7-19(23)20(24)10-18)30(28,29)22-16(4)8-15(3)9-17(22)5/h6-10,14H,11-13H2,1-5H3,(H,25,27). The minimum Gasteiger partial charge on any atom is -0.355 e. The molecule has 1 N–H and O–H groups in total. The van der Waals surface area contributed by atoms with Crippen molar-refractivity contribution in [2.24, 2.45) is 5.92 Å². The molecule has 0 heterocycles. The molecule has 0 unspecified atom stereocenters. The second kappa shape index (κ2) is 10.1. The number of rotatable bonds is 8. The second-order valence-corrected chi connectivity index (χ2v) is 10.6. The van der Waals surface area contributed by atoms with Crippen LogP contribution >= 0.6 is 23.2 Å². The Morgan fingerprint density at radius 1 is 1.03 bits per heavy atom. The van der Waals surface area contributed by atoms with E-state index < -0.39 is 10.0 Å². The van der Waals surface area contributed by atoms with E-state index in [4.69, 9.17) is 23.2 Å². The molecule has 0 aliphatic carbocycles. The monoisotopic (exact) mass is 470 g/mol. The number of nitrogens with one attached hydrogen (secondary N) is 1. The van der Waals surface area contributed by atoms with Gasteiger partial charge >= 0.3 is 0 Å². The van der Waals surface area contributed by atoms with Gasteiger partial charge in [0.1, 0.15) is 0 Å². The van der Waals surface area contributed by atoms with Crippen LogP contribution in [0.25, 0.3) is 0 Å². The zero-order valence-electron chi connectivity index (χ0n) is 17.9. The van der Waals surface area contributed by atoms with Gasteiger partial charge in [-0.05, 0) is 55.5 Å². The Bertz CT molecular complexity index is 1010. The van der Waals surface area contributed by atoms with Crippen molar-refractivity contribution in [3.05, 3.63) is 62.6 Å². The molecular weight excluding hydrogens is 443 g/mol. The minimum atomic E-state index is -3.94. The molecule has 0 saturated heterocycles. The molecule has 2 rings (SSSR count). The van der Waals surface area contributed by atoms with E-state index in [0.717, 1.165) is 5.56 Å². The quantitative estimate of drug-likeness (QED) is 0.597. The molecule has 0 atom stereocenters. The fourth-order valence-electron chi connectivity index (χ4n) is 3.30. The lowest BCUT2D eigenvalue weighted by Crippen LogP contribution is -2.41. The molecule has 0 aliphatic heterocycles. The number of sulfonamides is 1. The van der Waals surface area contributed by atoms with Gasteiger partial charge in [-0.3, -0.25) is 4.79 Å². The molecule has 0 bridgehead atoms. The zero-order chi connectivity index (χ0) is 22.6. The Labute approximate surface area is 189 Å². The largest absolute Gasteiger partial charge is 0.355 e. The summed E-state index contributed by atoms with van der Waals surface area (Å²) in [5, 5.41) is 3.50. The third kappa shape index (κ3) is 6.20. The van der Waals surface area contributed by atoms with Gasteiger partial charge in [0, 0.05) is 13.1 Å². The molecule has 0 aliphatic rings. The fourth-order valence-corrected chi connectivity index (χ4v) is 5.42. The highest BCUT2D eigenvalue weighted by Gasteiger charge is 2.30. The normalized spacial score (nSPS) is 11.9. The first-order valence-corrected chi connectivity index (χ1v) is 11.9. The summed E-state index contributed by atoms with van der Waals surface area (Å²) in [4.78, 5) is 12.7. The van der Waals surface area contributed by atoms with Crippen molar-refractivity contribution in [2.45, 2.75) is 46.1 Å². The number of hydrogen-bond acceptors (Lipinski definition) is 3. The van der Waals surface area contributed by atoms with Crippen LogP contribution in [0.5, 0.6) is 0 Å². The Morgan fingerprint density at radius 3 is 2.17 bits per heavy atom. The predicted molar refractivity (Wildman–Crippen MR) is 123 cm³/mol. The van der Waals surface area contributed by atoms with Gasteiger partial charge in [-0.1, -0.05) is 60.8 Å². The van der Waals surface area contributed by atoms with Crippen molar-refractivity contribution >= 4 is 39.1 Å². The maximum Gasteiger partial charge on any atom is 0.244 e. The van der Waals surface area contributed by atoms with Crippen LogP contribution in [0.3, 0.4) is 0 Å². The molecule has 8 heteroatoms. The summed E-state index contributed by atoms with van der Waals surface area (Å²) in [5.74, 6) is -0.0922. The number of carbonyl (C=O) groups excluding carboxylic acids is 1. The third-order valence-electron chi connectivity index (χ3n) is 4.57. The molecule has 0 spiro atoms. The highest BCUT2D eigenvalue weighted by atomic mass is 35.5. The molecule has 2 aromatic rings. The number of aryl methyl sites for hydroxylation is 3. The lowest BCUT2D eigenvalue weighted by molar-refractivity contribution is -0.121. The number of halogens is 2. The second-order valence-electron chi connectivity index (χ2n) is 7.95.